The number of hydrogen-bond donors (Lipinski definition) is 3. The number of nitrogens with two attached hydrogens (primary N) is 1. The predicted molar refractivity (Wildman–Crippen MR) is 90.8 cm³/mol. The molecule has 108 valence electrons. The third kappa shape index (κ3) is 3.72. The minimum absolute atomic E-state index is 0.000219. The van der Waals surface area contributed by atoms with Crippen LogP contribution in [0.15, 0.2) is 47.6 Å². The first-order valence-electron chi connectivity index (χ1n) is 6.16. The van der Waals surface area contributed by atoms with Gasteiger partial charge in [-0.05, 0) is 65.4 Å². The highest BCUT2D eigenvalue weighted by atomic mass is 127. The third-order valence-electron chi connectivity index (χ3n) is 3.00. The van der Waals surface area contributed by atoms with E-state index in [0.717, 1.165) is 9.13 Å². The number of halogens is 1. The Kier molecular flexibility index (Phi) is 4.79. The molecule has 0 aromatic heterocycles. The lowest BCUT2D eigenvalue weighted by Gasteiger charge is -2.10. The number of hydrogen-bond acceptors (Lipinski definition) is 3. The molecule has 6 heteroatoms. The van der Waals surface area contributed by atoms with E-state index in [1.165, 1.54) is 0 Å². The summed E-state index contributed by atoms with van der Waals surface area (Å²) in [7, 11) is 0. The van der Waals surface area contributed by atoms with Crippen molar-refractivity contribution >= 4 is 40.0 Å². The van der Waals surface area contributed by atoms with Crippen LogP contribution in [0.5, 0.6) is 0 Å². The largest absolute Gasteiger partial charge is 0.409 e. The monoisotopic (exact) mass is 395 g/mol. The molecule has 0 fully saturated rings. The summed E-state index contributed by atoms with van der Waals surface area (Å²) in [4.78, 5) is 12.2. The molecule has 1 amide bonds. The molecule has 0 atom stereocenters. The van der Waals surface area contributed by atoms with Crippen LogP contribution in [-0.2, 0) is 0 Å². The van der Waals surface area contributed by atoms with Gasteiger partial charge < -0.3 is 16.3 Å². The fourth-order valence-electron chi connectivity index (χ4n) is 1.77. The number of oxime groups is 1. The fraction of sp³-hybridized carbons (Fsp3) is 0.0667. The number of carbonyl (C=O) groups excluding carboxylic acids is 1. The Balaban J connectivity index is 2.26. The van der Waals surface area contributed by atoms with E-state index in [0.29, 0.717) is 16.8 Å². The molecule has 0 bridgehead atoms. The zero-order chi connectivity index (χ0) is 15.4. The van der Waals surface area contributed by atoms with Crippen molar-refractivity contribution in [1.82, 2.24) is 0 Å². The fourth-order valence-corrected chi connectivity index (χ4v) is 2.13. The summed E-state index contributed by atoms with van der Waals surface area (Å²) in [5, 5.41) is 14.5. The van der Waals surface area contributed by atoms with Gasteiger partial charge in [0, 0.05) is 20.4 Å². The summed E-state index contributed by atoms with van der Waals surface area (Å²) in [5.74, 6) is -0.203. The average Bonchev–Trinajstić information content (AvgIpc) is 2.49. The molecule has 2 rings (SSSR count). The van der Waals surface area contributed by atoms with E-state index in [9.17, 15) is 4.79 Å². The molecule has 0 heterocycles. The Bertz CT molecular complexity index is 697. The van der Waals surface area contributed by atoms with E-state index in [1.807, 2.05) is 19.1 Å². The van der Waals surface area contributed by atoms with Crippen LogP contribution >= 0.6 is 22.6 Å². The van der Waals surface area contributed by atoms with Gasteiger partial charge in [-0.1, -0.05) is 17.3 Å². The molecule has 4 N–H and O–H groups in total. The van der Waals surface area contributed by atoms with Crippen LogP contribution in [0.25, 0.3) is 0 Å². The first kappa shape index (κ1) is 15.3. The summed E-state index contributed by atoms with van der Waals surface area (Å²) in [5.41, 5.74) is 8.19. The van der Waals surface area contributed by atoms with Crippen LogP contribution < -0.4 is 11.1 Å². The Labute approximate surface area is 136 Å². The van der Waals surface area contributed by atoms with E-state index in [-0.39, 0.29) is 11.7 Å². The molecule has 0 aliphatic rings. The summed E-state index contributed by atoms with van der Waals surface area (Å²) in [6, 6.07) is 12.5. The maximum atomic E-state index is 12.2. The molecule has 2 aromatic carbocycles. The van der Waals surface area contributed by atoms with Gasteiger partial charge in [-0.15, -0.1) is 0 Å². The Morgan fingerprint density at radius 1 is 1.19 bits per heavy atom. The number of amidine groups is 1. The van der Waals surface area contributed by atoms with Crippen molar-refractivity contribution in [2.24, 2.45) is 10.9 Å². The minimum atomic E-state index is -0.203. The lowest BCUT2D eigenvalue weighted by molar-refractivity contribution is 0.102. The molecule has 0 saturated carbocycles. The number of nitrogens with one attached hydrogen (secondary N) is 1. The SMILES string of the molecule is Cc1ccc(C(N)=NO)cc1NC(=O)c1ccc(I)cc1. The van der Waals surface area contributed by atoms with Gasteiger partial charge in [-0.25, -0.2) is 0 Å². The molecule has 0 spiro atoms. The molecule has 0 aliphatic heterocycles. The molecule has 0 radical (unpaired) electrons. The highest BCUT2D eigenvalue weighted by molar-refractivity contribution is 14.1. The summed E-state index contributed by atoms with van der Waals surface area (Å²) < 4.78 is 1.06. The van der Waals surface area contributed by atoms with Crippen molar-refractivity contribution in [3.8, 4) is 0 Å². The second kappa shape index (κ2) is 6.57. The van der Waals surface area contributed by atoms with Crippen molar-refractivity contribution in [3.05, 3.63) is 62.7 Å². The van der Waals surface area contributed by atoms with E-state index in [2.05, 4.69) is 33.1 Å². The van der Waals surface area contributed by atoms with Crippen LogP contribution in [0, 0.1) is 10.5 Å². The maximum Gasteiger partial charge on any atom is 0.255 e. The summed E-state index contributed by atoms with van der Waals surface area (Å²) in [6.45, 7) is 1.87. The van der Waals surface area contributed by atoms with Crippen LogP contribution in [0.1, 0.15) is 21.5 Å². The smallest absolute Gasteiger partial charge is 0.255 e. The van der Waals surface area contributed by atoms with Crippen molar-refractivity contribution in [1.29, 1.82) is 0 Å². The number of benzene rings is 2. The molecule has 2 aromatic rings. The molecular formula is C15H14IN3O2. The Morgan fingerprint density at radius 2 is 1.81 bits per heavy atom. The van der Waals surface area contributed by atoms with Crippen molar-refractivity contribution in [2.75, 3.05) is 5.32 Å². The normalized spacial score (nSPS) is 11.2. The van der Waals surface area contributed by atoms with Gasteiger partial charge in [0.05, 0.1) is 0 Å². The molecule has 0 aliphatic carbocycles. The topological polar surface area (TPSA) is 87.7 Å². The second-order valence-electron chi connectivity index (χ2n) is 4.48. The number of carbonyl (C=O) groups is 1. The average molecular weight is 395 g/mol. The zero-order valence-electron chi connectivity index (χ0n) is 11.3. The lowest BCUT2D eigenvalue weighted by atomic mass is 10.1. The number of nitrogens with zero attached hydrogens (tertiary/aromatic N) is 1. The number of anilines is 1. The van der Waals surface area contributed by atoms with Crippen LogP contribution in [0.3, 0.4) is 0 Å². The standard InChI is InChI=1S/C15H14IN3O2/c1-9-2-3-11(14(17)19-21)8-13(9)18-15(20)10-4-6-12(16)7-5-10/h2-8,21H,1H3,(H2,17,19)(H,18,20). The first-order valence-corrected chi connectivity index (χ1v) is 7.24. The minimum Gasteiger partial charge on any atom is -0.409 e. The van der Waals surface area contributed by atoms with E-state index in [4.69, 9.17) is 10.9 Å². The molecule has 0 unspecified atom stereocenters. The van der Waals surface area contributed by atoms with Gasteiger partial charge in [-0.3, -0.25) is 4.79 Å². The molecule has 21 heavy (non-hydrogen) atoms. The van der Waals surface area contributed by atoms with E-state index in [1.54, 1.807) is 30.3 Å². The first-order chi connectivity index (χ1) is 10.0. The van der Waals surface area contributed by atoms with Crippen LogP contribution in [-0.4, -0.2) is 17.0 Å². The highest BCUT2D eigenvalue weighted by Crippen LogP contribution is 2.18. The molecule has 5 nitrogen and oxygen atoms in total. The quantitative estimate of drug-likeness (QED) is 0.246. The Morgan fingerprint density at radius 3 is 2.43 bits per heavy atom. The van der Waals surface area contributed by atoms with Crippen LogP contribution in [0.4, 0.5) is 5.69 Å². The van der Waals surface area contributed by atoms with Gasteiger partial charge in [0.25, 0.3) is 5.91 Å². The van der Waals surface area contributed by atoms with Crippen molar-refractivity contribution < 1.29 is 10.0 Å². The van der Waals surface area contributed by atoms with Crippen LogP contribution in [0.2, 0.25) is 0 Å². The van der Waals surface area contributed by atoms with Gasteiger partial charge >= 0.3 is 0 Å². The predicted octanol–water partition coefficient (Wildman–Crippen LogP) is 2.95. The number of aryl methyl sites for hydroxylation is 1. The lowest BCUT2D eigenvalue weighted by Crippen LogP contribution is -2.16. The number of rotatable bonds is 3. The zero-order valence-corrected chi connectivity index (χ0v) is 13.5. The summed E-state index contributed by atoms with van der Waals surface area (Å²) in [6.07, 6.45) is 0. The summed E-state index contributed by atoms with van der Waals surface area (Å²) >= 11 is 2.18. The molecule has 0 saturated heterocycles. The van der Waals surface area contributed by atoms with Gasteiger partial charge in [0.15, 0.2) is 5.84 Å². The van der Waals surface area contributed by atoms with E-state index < -0.39 is 0 Å². The highest BCUT2D eigenvalue weighted by Gasteiger charge is 2.09. The van der Waals surface area contributed by atoms with Gasteiger partial charge in [0.1, 0.15) is 0 Å². The second-order valence-corrected chi connectivity index (χ2v) is 5.72. The third-order valence-corrected chi connectivity index (χ3v) is 3.71. The Hall–Kier alpha value is -2.09. The maximum absolute atomic E-state index is 12.2. The van der Waals surface area contributed by atoms with Gasteiger partial charge in [-0.2, -0.15) is 0 Å². The van der Waals surface area contributed by atoms with Crippen molar-refractivity contribution in [3.63, 3.8) is 0 Å². The van der Waals surface area contributed by atoms with Gasteiger partial charge in [0.2, 0.25) is 0 Å². The number of amides is 1. The van der Waals surface area contributed by atoms with E-state index >= 15 is 0 Å². The molecular weight excluding hydrogens is 381 g/mol. The van der Waals surface area contributed by atoms with Crippen molar-refractivity contribution in [2.45, 2.75) is 6.92 Å².